The number of nitrogens with one attached hydrogen (secondary N) is 2. The van der Waals surface area contributed by atoms with Gasteiger partial charge in [0.15, 0.2) is 0 Å². The van der Waals surface area contributed by atoms with Gasteiger partial charge in [0.1, 0.15) is 5.67 Å². The van der Waals surface area contributed by atoms with Crippen LogP contribution in [0, 0.1) is 0 Å². The van der Waals surface area contributed by atoms with Crippen LogP contribution in [0.25, 0.3) is 0 Å². The molecule has 0 aliphatic carbocycles. The van der Waals surface area contributed by atoms with Crippen molar-refractivity contribution < 1.29 is 4.39 Å². The van der Waals surface area contributed by atoms with Crippen molar-refractivity contribution in [3.63, 3.8) is 0 Å². The lowest BCUT2D eigenvalue weighted by atomic mass is 9.96. The highest BCUT2D eigenvalue weighted by Gasteiger charge is 2.30. The Hall–Kier alpha value is -0.150. The maximum atomic E-state index is 13.8. The quantitative estimate of drug-likeness (QED) is 0.623. The molecule has 0 aromatic carbocycles. The van der Waals surface area contributed by atoms with Crippen LogP contribution >= 0.6 is 0 Å². The van der Waals surface area contributed by atoms with E-state index in [4.69, 9.17) is 0 Å². The summed E-state index contributed by atoms with van der Waals surface area (Å²) in [6.45, 7) is 5.01. The van der Waals surface area contributed by atoms with Crippen molar-refractivity contribution >= 4 is 0 Å². The normalized spacial score (nSPS) is 30.5. The first-order chi connectivity index (χ1) is 5.77. The van der Waals surface area contributed by atoms with Crippen molar-refractivity contribution in [2.45, 2.75) is 31.9 Å². The van der Waals surface area contributed by atoms with Gasteiger partial charge in [0, 0.05) is 13.1 Å². The monoisotopic (exact) mass is 174 g/mol. The minimum absolute atomic E-state index is 0.508. The molecular formula is C9H19FN2. The van der Waals surface area contributed by atoms with Crippen LogP contribution in [0.15, 0.2) is 0 Å². The summed E-state index contributed by atoms with van der Waals surface area (Å²) in [5.74, 6) is 0. The van der Waals surface area contributed by atoms with E-state index in [9.17, 15) is 4.39 Å². The Kier molecular flexibility index (Phi) is 3.95. The zero-order valence-corrected chi connectivity index (χ0v) is 7.83. The minimum atomic E-state index is -0.993. The zero-order chi connectivity index (χ0) is 8.86. The highest BCUT2D eigenvalue weighted by atomic mass is 19.1. The summed E-state index contributed by atoms with van der Waals surface area (Å²) in [5.41, 5.74) is -0.993. The van der Waals surface area contributed by atoms with Crippen LogP contribution < -0.4 is 10.6 Å². The Bertz CT molecular complexity index is 122. The van der Waals surface area contributed by atoms with Gasteiger partial charge in [-0.25, -0.2) is 4.39 Å². The molecular weight excluding hydrogens is 155 g/mol. The molecule has 1 aliphatic heterocycles. The SMILES string of the molecule is CCCNCC1(F)CCCNC1. The fourth-order valence-corrected chi connectivity index (χ4v) is 1.57. The van der Waals surface area contributed by atoms with Gasteiger partial charge in [-0.1, -0.05) is 6.92 Å². The topological polar surface area (TPSA) is 24.1 Å². The van der Waals surface area contributed by atoms with Crippen LogP contribution in [-0.4, -0.2) is 31.8 Å². The third-order valence-corrected chi connectivity index (χ3v) is 2.29. The minimum Gasteiger partial charge on any atom is -0.314 e. The summed E-state index contributed by atoms with van der Waals surface area (Å²) >= 11 is 0. The molecule has 0 aromatic rings. The molecule has 12 heavy (non-hydrogen) atoms. The lowest BCUT2D eigenvalue weighted by Gasteiger charge is -2.30. The van der Waals surface area contributed by atoms with Crippen molar-refractivity contribution in [1.82, 2.24) is 10.6 Å². The van der Waals surface area contributed by atoms with Gasteiger partial charge >= 0.3 is 0 Å². The molecule has 1 saturated heterocycles. The highest BCUT2D eigenvalue weighted by Crippen LogP contribution is 2.19. The Morgan fingerprint density at radius 3 is 3.00 bits per heavy atom. The molecule has 1 aliphatic rings. The van der Waals surface area contributed by atoms with Crippen LogP contribution in [-0.2, 0) is 0 Å². The zero-order valence-electron chi connectivity index (χ0n) is 7.83. The lowest BCUT2D eigenvalue weighted by Crippen LogP contribution is -2.48. The number of halogens is 1. The number of alkyl halides is 1. The van der Waals surface area contributed by atoms with Gasteiger partial charge in [-0.3, -0.25) is 0 Å². The predicted molar refractivity (Wildman–Crippen MR) is 49.1 cm³/mol. The lowest BCUT2D eigenvalue weighted by molar-refractivity contribution is 0.120. The molecule has 2 nitrogen and oxygen atoms in total. The first-order valence-corrected chi connectivity index (χ1v) is 4.87. The van der Waals surface area contributed by atoms with Gasteiger partial charge in [-0.2, -0.15) is 0 Å². The standard InChI is InChI=1S/C9H19FN2/c1-2-5-11-7-9(10)4-3-6-12-8-9/h11-12H,2-8H2,1H3. The second-order valence-corrected chi connectivity index (χ2v) is 3.61. The molecule has 0 radical (unpaired) electrons. The van der Waals surface area contributed by atoms with Crippen molar-refractivity contribution in [1.29, 1.82) is 0 Å². The number of hydrogen-bond acceptors (Lipinski definition) is 2. The average molecular weight is 174 g/mol. The molecule has 1 unspecified atom stereocenters. The molecule has 1 fully saturated rings. The van der Waals surface area contributed by atoms with E-state index in [0.29, 0.717) is 19.5 Å². The summed E-state index contributed by atoms with van der Waals surface area (Å²) in [7, 11) is 0. The Morgan fingerprint density at radius 2 is 2.42 bits per heavy atom. The van der Waals surface area contributed by atoms with E-state index in [2.05, 4.69) is 17.6 Å². The fraction of sp³-hybridized carbons (Fsp3) is 1.00. The van der Waals surface area contributed by atoms with Gasteiger partial charge in [0.05, 0.1) is 0 Å². The molecule has 0 saturated carbocycles. The van der Waals surface area contributed by atoms with Crippen molar-refractivity contribution in [2.24, 2.45) is 0 Å². The first kappa shape index (κ1) is 9.93. The molecule has 72 valence electrons. The van der Waals surface area contributed by atoms with Crippen LogP contribution in [0.1, 0.15) is 26.2 Å². The van der Waals surface area contributed by atoms with Crippen LogP contribution in [0.5, 0.6) is 0 Å². The van der Waals surface area contributed by atoms with Crippen molar-refractivity contribution in [2.75, 3.05) is 26.2 Å². The van der Waals surface area contributed by atoms with Crippen LogP contribution in [0.2, 0.25) is 0 Å². The van der Waals surface area contributed by atoms with Crippen molar-refractivity contribution in [3.8, 4) is 0 Å². The smallest absolute Gasteiger partial charge is 0.135 e. The molecule has 0 bridgehead atoms. The second kappa shape index (κ2) is 4.77. The Morgan fingerprint density at radius 1 is 1.58 bits per heavy atom. The maximum Gasteiger partial charge on any atom is 0.135 e. The highest BCUT2D eigenvalue weighted by molar-refractivity contribution is 4.87. The third-order valence-electron chi connectivity index (χ3n) is 2.29. The molecule has 3 heteroatoms. The summed E-state index contributed by atoms with van der Waals surface area (Å²) in [5, 5.41) is 6.22. The molecule has 0 spiro atoms. The summed E-state index contributed by atoms with van der Waals surface area (Å²) in [6.07, 6.45) is 2.74. The summed E-state index contributed by atoms with van der Waals surface area (Å²) in [6, 6.07) is 0. The Balaban J connectivity index is 2.17. The second-order valence-electron chi connectivity index (χ2n) is 3.61. The number of piperidine rings is 1. The molecule has 1 heterocycles. The van der Waals surface area contributed by atoms with Gasteiger partial charge in [0.25, 0.3) is 0 Å². The molecule has 1 rings (SSSR count). The summed E-state index contributed by atoms with van der Waals surface area (Å²) < 4.78 is 13.8. The van der Waals surface area contributed by atoms with Crippen LogP contribution in [0.3, 0.4) is 0 Å². The van der Waals surface area contributed by atoms with Gasteiger partial charge < -0.3 is 10.6 Å². The van der Waals surface area contributed by atoms with E-state index >= 15 is 0 Å². The van der Waals surface area contributed by atoms with Crippen molar-refractivity contribution in [3.05, 3.63) is 0 Å². The van der Waals surface area contributed by atoms with E-state index in [-0.39, 0.29) is 0 Å². The number of hydrogen-bond donors (Lipinski definition) is 2. The molecule has 0 aromatic heterocycles. The third kappa shape index (κ3) is 3.07. The van der Waals surface area contributed by atoms with E-state index in [0.717, 1.165) is 25.9 Å². The van der Waals surface area contributed by atoms with E-state index in [1.807, 2.05) is 0 Å². The van der Waals surface area contributed by atoms with Gasteiger partial charge in [0.2, 0.25) is 0 Å². The average Bonchev–Trinajstić information content (AvgIpc) is 2.06. The van der Waals surface area contributed by atoms with E-state index in [1.165, 1.54) is 0 Å². The van der Waals surface area contributed by atoms with E-state index < -0.39 is 5.67 Å². The number of rotatable bonds is 4. The largest absolute Gasteiger partial charge is 0.314 e. The molecule has 0 amide bonds. The maximum absolute atomic E-state index is 13.8. The van der Waals surface area contributed by atoms with Gasteiger partial charge in [-0.15, -0.1) is 0 Å². The molecule has 1 atom stereocenters. The molecule has 2 N–H and O–H groups in total. The van der Waals surface area contributed by atoms with Gasteiger partial charge in [-0.05, 0) is 32.4 Å². The summed E-state index contributed by atoms with van der Waals surface area (Å²) in [4.78, 5) is 0. The Labute approximate surface area is 73.9 Å². The van der Waals surface area contributed by atoms with Crippen LogP contribution in [0.4, 0.5) is 4.39 Å². The van der Waals surface area contributed by atoms with E-state index in [1.54, 1.807) is 0 Å². The first-order valence-electron chi connectivity index (χ1n) is 4.87. The predicted octanol–water partition coefficient (Wildman–Crippen LogP) is 1.08. The fourth-order valence-electron chi connectivity index (χ4n) is 1.57.